The molecule has 0 atom stereocenters. The highest BCUT2D eigenvalue weighted by Crippen LogP contribution is 2.41. The molecule has 2 aromatic heterocycles. The van der Waals surface area contributed by atoms with E-state index >= 15 is 0 Å². The van der Waals surface area contributed by atoms with Gasteiger partial charge in [-0.15, -0.1) is 0 Å². The van der Waals surface area contributed by atoms with Crippen LogP contribution in [-0.2, 0) is 0 Å². The Balaban J connectivity index is 2.01. The van der Waals surface area contributed by atoms with Gasteiger partial charge < -0.3 is 4.90 Å². The van der Waals surface area contributed by atoms with Gasteiger partial charge in [0.2, 0.25) is 0 Å². The zero-order valence-corrected chi connectivity index (χ0v) is 16.1. The molecule has 0 bridgehead atoms. The second-order valence-corrected chi connectivity index (χ2v) is 7.57. The molecule has 1 saturated heterocycles. The van der Waals surface area contributed by atoms with Crippen molar-refractivity contribution in [3.8, 4) is 17.2 Å². The maximum atomic E-state index is 13.6. The van der Waals surface area contributed by atoms with Gasteiger partial charge in [-0.05, 0) is 37.0 Å². The monoisotopic (exact) mass is 403 g/mol. The molecular formula is C19H16Cl2FN5. The third-order valence-electron chi connectivity index (χ3n) is 4.98. The summed E-state index contributed by atoms with van der Waals surface area (Å²) < 4.78 is 15.2. The van der Waals surface area contributed by atoms with Crippen LogP contribution in [0.4, 0.5) is 10.2 Å². The van der Waals surface area contributed by atoms with E-state index in [0.29, 0.717) is 28.3 Å². The number of hydrogen-bond donors (Lipinski definition) is 0. The van der Waals surface area contributed by atoms with Crippen molar-refractivity contribution in [2.24, 2.45) is 5.92 Å². The van der Waals surface area contributed by atoms with Crippen LogP contribution in [0.5, 0.6) is 0 Å². The molecule has 3 aromatic rings. The molecule has 0 unspecified atom stereocenters. The average molecular weight is 404 g/mol. The second-order valence-electron chi connectivity index (χ2n) is 6.80. The lowest BCUT2D eigenvalue weighted by Crippen LogP contribution is -2.34. The van der Waals surface area contributed by atoms with Crippen LogP contribution in [-0.4, -0.2) is 27.7 Å². The quantitative estimate of drug-likeness (QED) is 0.567. The Hall–Kier alpha value is -2.36. The Morgan fingerprint density at radius 2 is 2.00 bits per heavy atom. The summed E-state index contributed by atoms with van der Waals surface area (Å²) >= 11 is 12.9. The van der Waals surface area contributed by atoms with Crippen LogP contribution in [0, 0.1) is 23.1 Å². The number of hydrogen-bond acceptors (Lipinski definition) is 4. The van der Waals surface area contributed by atoms with Gasteiger partial charge in [-0.3, -0.25) is 0 Å². The number of nitriles is 1. The normalized spacial score (nSPS) is 15.3. The molecule has 5 nitrogen and oxygen atoms in total. The largest absolute Gasteiger partial charge is 0.356 e. The first kappa shape index (κ1) is 18.0. The third kappa shape index (κ3) is 3.11. The lowest BCUT2D eigenvalue weighted by molar-refractivity contribution is 0.435. The fourth-order valence-corrected chi connectivity index (χ4v) is 3.99. The van der Waals surface area contributed by atoms with Gasteiger partial charge in [0.05, 0.1) is 16.8 Å². The maximum Gasteiger partial charge on any atom is 0.176 e. The first-order chi connectivity index (χ1) is 13.0. The predicted molar refractivity (Wildman–Crippen MR) is 104 cm³/mol. The molecule has 1 fully saturated rings. The van der Waals surface area contributed by atoms with Crippen LogP contribution in [0.15, 0.2) is 24.4 Å². The average Bonchev–Trinajstić information content (AvgIpc) is 3.04. The number of rotatable bonds is 2. The third-order valence-corrected chi connectivity index (χ3v) is 5.57. The van der Waals surface area contributed by atoms with Gasteiger partial charge in [-0.1, -0.05) is 30.1 Å². The van der Waals surface area contributed by atoms with Crippen molar-refractivity contribution in [1.82, 2.24) is 14.6 Å². The first-order valence-electron chi connectivity index (χ1n) is 8.67. The van der Waals surface area contributed by atoms with Crippen LogP contribution in [0.25, 0.3) is 16.8 Å². The summed E-state index contributed by atoms with van der Waals surface area (Å²) in [5, 5.41) is 14.2. The van der Waals surface area contributed by atoms with Crippen molar-refractivity contribution in [1.29, 1.82) is 5.26 Å². The molecule has 138 valence electrons. The molecule has 0 aliphatic carbocycles. The number of aromatic nitrogens is 3. The molecule has 0 N–H and O–H groups in total. The van der Waals surface area contributed by atoms with Crippen molar-refractivity contribution in [2.75, 3.05) is 18.0 Å². The van der Waals surface area contributed by atoms with Crippen LogP contribution < -0.4 is 4.90 Å². The highest BCUT2D eigenvalue weighted by molar-refractivity contribution is 6.36. The molecule has 1 aliphatic rings. The van der Waals surface area contributed by atoms with Gasteiger partial charge in [0.25, 0.3) is 0 Å². The molecule has 1 aromatic carbocycles. The van der Waals surface area contributed by atoms with Crippen molar-refractivity contribution < 1.29 is 4.39 Å². The van der Waals surface area contributed by atoms with E-state index in [0.717, 1.165) is 31.7 Å². The Morgan fingerprint density at radius 1 is 1.26 bits per heavy atom. The van der Waals surface area contributed by atoms with Crippen LogP contribution in [0.2, 0.25) is 10.2 Å². The molecule has 27 heavy (non-hydrogen) atoms. The molecule has 3 heterocycles. The van der Waals surface area contributed by atoms with Crippen LogP contribution in [0.1, 0.15) is 25.3 Å². The van der Waals surface area contributed by atoms with Crippen LogP contribution in [0.3, 0.4) is 0 Å². The number of fused-ring (bicyclic) bond motifs is 1. The van der Waals surface area contributed by atoms with Crippen molar-refractivity contribution in [2.45, 2.75) is 19.8 Å². The zero-order chi connectivity index (χ0) is 19.1. The molecule has 8 heteroatoms. The fraction of sp³-hybridized carbons (Fsp3) is 0.316. The zero-order valence-electron chi connectivity index (χ0n) is 14.6. The number of benzene rings is 1. The van der Waals surface area contributed by atoms with E-state index in [1.165, 1.54) is 18.3 Å². The predicted octanol–water partition coefficient (Wildman–Crippen LogP) is 4.95. The van der Waals surface area contributed by atoms with Gasteiger partial charge in [-0.25, -0.2) is 9.37 Å². The SMILES string of the molecule is CC1CCN(c2c(-c3ccc(F)cc3Cl)c(Cl)nc3c(C#N)cnn23)CC1. The van der Waals surface area contributed by atoms with E-state index in [4.69, 9.17) is 23.2 Å². The molecule has 0 spiro atoms. The lowest BCUT2D eigenvalue weighted by Gasteiger charge is -2.33. The van der Waals surface area contributed by atoms with Crippen molar-refractivity contribution in [3.63, 3.8) is 0 Å². The van der Waals surface area contributed by atoms with E-state index in [9.17, 15) is 9.65 Å². The molecule has 0 radical (unpaired) electrons. The summed E-state index contributed by atoms with van der Waals surface area (Å²) in [5.74, 6) is 0.944. The van der Waals surface area contributed by atoms with Gasteiger partial charge in [0.15, 0.2) is 5.65 Å². The van der Waals surface area contributed by atoms with Gasteiger partial charge in [0.1, 0.15) is 28.4 Å². The number of anilines is 1. The maximum absolute atomic E-state index is 13.6. The molecule has 1 aliphatic heterocycles. The summed E-state index contributed by atoms with van der Waals surface area (Å²) in [6.45, 7) is 3.88. The minimum Gasteiger partial charge on any atom is -0.356 e. The Kier molecular flexibility index (Phi) is 4.67. The summed E-state index contributed by atoms with van der Waals surface area (Å²) in [7, 11) is 0. The van der Waals surface area contributed by atoms with Gasteiger partial charge in [-0.2, -0.15) is 14.9 Å². The molecule has 0 saturated carbocycles. The smallest absolute Gasteiger partial charge is 0.176 e. The van der Waals surface area contributed by atoms with E-state index in [2.05, 4.69) is 28.0 Å². The number of nitrogens with zero attached hydrogens (tertiary/aromatic N) is 5. The Bertz CT molecular complexity index is 1060. The minimum absolute atomic E-state index is 0.210. The van der Waals surface area contributed by atoms with E-state index in [1.54, 1.807) is 10.6 Å². The van der Waals surface area contributed by atoms with Gasteiger partial charge in [0, 0.05) is 18.7 Å². The highest BCUT2D eigenvalue weighted by Gasteiger charge is 2.27. The second kappa shape index (κ2) is 6.99. The topological polar surface area (TPSA) is 57.2 Å². The first-order valence-corrected chi connectivity index (χ1v) is 9.43. The number of piperidine rings is 1. The minimum atomic E-state index is -0.423. The van der Waals surface area contributed by atoms with E-state index in [1.807, 2.05) is 0 Å². The Labute approximate surface area is 165 Å². The van der Waals surface area contributed by atoms with Crippen LogP contribution >= 0.6 is 23.2 Å². The van der Waals surface area contributed by atoms with Crippen molar-refractivity contribution >= 4 is 34.7 Å². The molecular weight excluding hydrogens is 388 g/mol. The van der Waals surface area contributed by atoms with Gasteiger partial charge >= 0.3 is 0 Å². The summed E-state index contributed by atoms with van der Waals surface area (Å²) in [6.07, 6.45) is 3.54. The lowest BCUT2D eigenvalue weighted by atomic mass is 9.98. The molecule has 4 rings (SSSR count). The summed E-state index contributed by atoms with van der Waals surface area (Å²) in [6, 6.07) is 6.28. The molecule has 0 amide bonds. The number of halogens is 3. The van der Waals surface area contributed by atoms with Crippen molar-refractivity contribution in [3.05, 3.63) is 46.0 Å². The Morgan fingerprint density at radius 3 is 2.67 bits per heavy atom. The van der Waals surface area contributed by atoms with E-state index in [-0.39, 0.29) is 10.2 Å². The fourth-order valence-electron chi connectivity index (χ4n) is 3.47. The summed E-state index contributed by atoms with van der Waals surface area (Å²) in [4.78, 5) is 6.57. The highest BCUT2D eigenvalue weighted by atomic mass is 35.5. The standard InChI is InChI=1S/C19H16Cl2FN5/c1-11-4-6-26(7-5-11)19-16(14-3-2-13(22)8-15(14)20)17(21)25-18-12(9-23)10-24-27(18)19/h2-3,8,10-11H,4-7H2,1H3. The van der Waals surface area contributed by atoms with E-state index < -0.39 is 5.82 Å². The summed E-state index contributed by atoms with van der Waals surface area (Å²) in [5.41, 5.74) is 1.93.